The van der Waals surface area contributed by atoms with Crippen LogP contribution < -0.4 is 14.8 Å². The van der Waals surface area contributed by atoms with E-state index in [0.29, 0.717) is 31.8 Å². The van der Waals surface area contributed by atoms with Gasteiger partial charge in [-0.1, -0.05) is 38.1 Å². The van der Waals surface area contributed by atoms with Gasteiger partial charge in [-0.25, -0.2) is 0 Å². The van der Waals surface area contributed by atoms with E-state index < -0.39 is 0 Å². The van der Waals surface area contributed by atoms with Crippen LogP contribution in [0, 0.1) is 5.92 Å². The highest BCUT2D eigenvalue weighted by Gasteiger charge is 2.38. The molecule has 0 saturated carbocycles. The summed E-state index contributed by atoms with van der Waals surface area (Å²) in [5.41, 5.74) is 3.62. The van der Waals surface area contributed by atoms with E-state index in [-0.39, 0.29) is 29.6 Å². The lowest BCUT2D eigenvalue weighted by Gasteiger charge is -2.34. The smallest absolute Gasteiger partial charge is 0.225 e. The zero-order chi connectivity index (χ0) is 23.5. The molecule has 2 aromatic carbocycles. The van der Waals surface area contributed by atoms with Crippen LogP contribution in [0.4, 0.5) is 0 Å². The molecule has 1 amide bonds. The first-order valence-electron chi connectivity index (χ1n) is 11.9. The van der Waals surface area contributed by atoms with Crippen LogP contribution in [0.1, 0.15) is 69.9 Å². The molecule has 1 N–H and O–H groups in total. The van der Waals surface area contributed by atoms with Crippen molar-refractivity contribution in [2.45, 2.75) is 64.9 Å². The number of carbonyl (C=O) groups excluding carboxylic acids is 2. The third kappa shape index (κ3) is 5.47. The van der Waals surface area contributed by atoms with Gasteiger partial charge in [0.05, 0.1) is 12.7 Å². The molecule has 0 fully saturated rings. The van der Waals surface area contributed by atoms with Crippen LogP contribution in [0.2, 0.25) is 0 Å². The quantitative estimate of drug-likeness (QED) is 0.608. The maximum absolute atomic E-state index is 13.3. The molecule has 0 bridgehead atoms. The van der Waals surface area contributed by atoms with E-state index in [2.05, 4.69) is 19.2 Å². The SMILES string of the molecule is CC(C)COc1ccc(C2CC(=O)NC3=C2C(=O)CC(c2ccc(OC(C)C)cc2)C3)cc1. The average molecular weight is 448 g/mol. The maximum atomic E-state index is 13.3. The molecule has 5 nitrogen and oxygen atoms in total. The second kappa shape index (κ2) is 9.82. The highest BCUT2D eigenvalue weighted by atomic mass is 16.5. The van der Waals surface area contributed by atoms with E-state index >= 15 is 0 Å². The molecule has 174 valence electrons. The van der Waals surface area contributed by atoms with Crippen molar-refractivity contribution in [3.8, 4) is 11.5 Å². The first-order valence-corrected chi connectivity index (χ1v) is 11.9. The number of carbonyl (C=O) groups is 2. The minimum Gasteiger partial charge on any atom is -0.493 e. The van der Waals surface area contributed by atoms with E-state index in [1.165, 1.54) is 0 Å². The summed E-state index contributed by atoms with van der Waals surface area (Å²) in [6.07, 6.45) is 1.52. The van der Waals surface area contributed by atoms with Gasteiger partial charge < -0.3 is 14.8 Å². The number of Topliss-reactive ketones (excluding diaryl/α,β-unsaturated/α-hetero) is 1. The van der Waals surface area contributed by atoms with Crippen molar-refractivity contribution in [3.63, 3.8) is 0 Å². The summed E-state index contributed by atoms with van der Waals surface area (Å²) < 4.78 is 11.5. The number of amides is 1. The number of ether oxygens (including phenoxy) is 2. The van der Waals surface area contributed by atoms with E-state index in [9.17, 15) is 9.59 Å². The third-order valence-electron chi connectivity index (χ3n) is 6.13. The molecule has 5 heteroatoms. The average Bonchev–Trinajstić information content (AvgIpc) is 2.77. The Morgan fingerprint density at radius 2 is 1.48 bits per heavy atom. The number of benzene rings is 2. The zero-order valence-electron chi connectivity index (χ0n) is 19.9. The molecule has 1 aliphatic heterocycles. The number of rotatable bonds is 7. The molecular formula is C28H33NO4. The lowest BCUT2D eigenvalue weighted by Crippen LogP contribution is -2.38. The molecule has 0 spiro atoms. The summed E-state index contributed by atoms with van der Waals surface area (Å²) in [6, 6.07) is 15.8. The molecule has 2 atom stereocenters. The van der Waals surface area contributed by atoms with Gasteiger partial charge in [-0.3, -0.25) is 9.59 Å². The van der Waals surface area contributed by atoms with Crippen LogP contribution >= 0.6 is 0 Å². The van der Waals surface area contributed by atoms with Crippen molar-refractivity contribution in [2.75, 3.05) is 6.61 Å². The summed E-state index contributed by atoms with van der Waals surface area (Å²) in [7, 11) is 0. The van der Waals surface area contributed by atoms with Gasteiger partial charge in [-0.2, -0.15) is 0 Å². The van der Waals surface area contributed by atoms with E-state index in [0.717, 1.165) is 33.9 Å². The topological polar surface area (TPSA) is 64.6 Å². The predicted molar refractivity (Wildman–Crippen MR) is 128 cm³/mol. The third-order valence-corrected chi connectivity index (χ3v) is 6.13. The summed E-state index contributed by atoms with van der Waals surface area (Å²) in [5, 5.41) is 3.00. The van der Waals surface area contributed by atoms with Gasteiger partial charge in [0.25, 0.3) is 0 Å². The van der Waals surface area contributed by atoms with Gasteiger partial charge in [0.15, 0.2) is 5.78 Å². The highest BCUT2D eigenvalue weighted by Crippen LogP contribution is 2.43. The summed E-state index contributed by atoms with van der Waals surface area (Å²) in [4.78, 5) is 25.8. The van der Waals surface area contributed by atoms with Crippen molar-refractivity contribution in [3.05, 3.63) is 70.9 Å². The lowest BCUT2D eigenvalue weighted by molar-refractivity contribution is -0.122. The van der Waals surface area contributed by atoms with Gasteiger partial charge >= 0.3 is 0 Å². The van der Waals surface area contributed by atoms with E-state index in [1.54, 1.807) is 0 Å². The molecule has 4 rings (SSSR count). The summed E-state index contributed by atoms with van der Waals surface area (Å²) >= 11 is 0. The molecular weight excluding hydrogens is 414 g/mol. The second-order valence-electron chi connectivity index (χ2n) is 9.73. The van der Waals surface area contributed by atoms with E-state index in [4.69, 9.17) is 9.47 Å². The van der Waals surface area contributed by atoms with Crippen LogP contribution in [0.25, 0.3) is 0 Å². The number of ketones is 1. The van der Waals surface area contributed by atoms with Crippen molar-refractivity contribution in [1.29, 1.82) is 0 Å². The highest BCUT2D eigenvalue weighted by molar-refractivity contribution is 6.02. The Bertz CT molecular complexity index is 1030. The van der Waals surface area contributed by atoms with Crippen LogP contribution in [-0.2, 0) is 9.59 Å². The molecule has 33 heavy (non-hydrogen) atoms. The standard InChI is InChI=1S/C28H33NO4/c1-17(2)16-32-22-9-7-20(8-10-22)24-15-27(31)29-25-13-21(14-26(30)28(24)25)19-5-11-23(12-6-19)33-18(3)4/h5-12,17-18,21,24H,13-16H2,1-4H3,(H,29,31). The summed E-state index contributed by atoms with van der Waals surface area (Å²) in [6.45, 7) is 8.87. The largest absolute Gasteiger partial charge is 0.493 e. The Morgan fingerprint density at radius 1 is 0.848 bits per heavy atom. The molecule has 0 aromatic heterocycles. The van der Waals surface area contributed by atoms with Crippen molar-refractivity contribution in [1.82, 2.24) is 5.32 Å². The van der Waals surface area contributed by atoms with Crippen LogP contribution in [0.15, 0.2) is 59.8 Å². The predicted octanol–water partition coefficient (Wildman–Crippen LogP) is 5.51. The minimum atomic E-state index is -0.205. The lowest BCUT2D eigenvalue weighted by atomic mass is 9.73. The molecule has 1 heterocycles. The van der Waals surface area contributed by atoms with Gasteiger partial charge in [0, 0.05) is 30.0 Å². The molecule has 2 aliphatic rings. The first-order chi connectivity index (χ1) is 15.8. The van der Waals surface area contributed by atoms with Crippen molar-refractivity contribution < 1.29 is 19.1 Å². The fourth-order valence-corrected chi connectivity index (χ4v) is 4.63. The Hall–Kier alpha value is -3.08. The molecule has 0 saturated heterocycles. The number of nitrogens with one attached hydrogen (secondary N) is 1. The maximum Gasteiger partial charge on any atom is 0.225 e. The minimum absolute atomic E-state index is 0.0342. The Kier molecular flexibility index (Phi) is 6.87. The van der Waals surface area contributed by atoms with E-state index in [1.807, 2.05) is 62.4 Å². The van der Waals surface area contributed by atoms with Crippen molar-refractivity contribution in [2.24, 2.45) is 5.92 Å². The van der Waals surface area contributed by atoms with Crippen LogP contribution in [0.5, 0.6) is 11.5 Å². The fraction of sp³-hybridized carbons (Fsp3) is 0.429. The fourth-order valence-electron chi connectivity index (χ4n) is 4.63. The Morgan fingerprint density at radius 3 is 2.12 bits per heavy atom. The van der Waals surface area contributed by atoms with Crippen molar-refractivity contribution >= 4 is 11.7 Å². The first kappa shape index (κ1) is 23.1. The summed E-state index contributed by atoms with van der Waals surface area (Å²) in [5.74, 6) is 2.01. The van der Waals surface area contributed by atoms with Gasteiger partial charge in [-0.05, 0) is 67.5 Å². The zero-order valence-corrected chi connectivity index (χ0v) is 19.9. The normalized spacial score (nSPS) is 20.7. The molecule has 1 aliphatic carbocycles. The van der Waals surface area contributed by atoms with Crippen LogP contribution in [-0.4, -0.2) is 24.4 Å². The Balaban J connectivity index is 1.55. The van der Waals surface area contributed by atoms with Gasteiger partial charge in [0.1, 0.15) is 11.5 Å². The van der Waals surface area contributed by atoms with Gasteiger partial charge in [0.2, 0.25) is 5.91 Å². The Labute approximate surface area is 196 Å². The number of allylic oxidation sites excluding steroid dienone is 2. The monoisotopic (exact) mass is 447 g/mol. The van der Waals surface area contributed by atoms with Gasteiger partial charge in [-0.15, -0.1) is 0 Å². The molecule has 0 radical (unpaired) electrons. The number of hydrogen-bond donors (Lipinski definition) is 1. The number of hydrogen-bond acceptors (Lipinski definition) is 4. The molecule has 2 unspecified atom stereocenters. The molecule has 2 aromatic rings. The van der Waals surface area contributed by atoms with Crippen LogP contribution in [0.3, 0.4) is 0 Å². The second-order valence-corrected chi connectivity index (χ2v) is 9.73.